The van der Waals surface area contributed by atoms with E-state index in [-0.39, 0.29) is 10.9 Å². The quantitative estimate of drug-likeness (QED) is 0.788. The molecule has 0 saturated carbocycles. The summed E-state index contributed by atoms with van der Waals surface area (Å²) in [6.45, 7) is 8.44. The molecule has 27 heavy (non-hydrogen) atoms. The monoisotopic (exact) mass is 388 g/mol. The molecule has 0 spiro atoms. The van der Waals surface area contributed by atoms with Gasteiger partial charge in [0.15, 0.2) is 0 Å². The first-order valence-electron chi connectivity index (χ1n) is 9.29. The van der Waals surface area contributed by atoms with Crippen LogP contribution in [0.5, 0.6) is 5.75 Å². The van der Waals surface area contributed by atoms with E-state index in [0.29, 0.717) is 31.9 Å². The average molecular weight is 389 g/mol. The largest absolute Gasteiger partial charge is 0.495 e. The van der Waals surface area contributed by atoms with Gasteiger partial charge in [-0.2, -0.15) is 4.31 Å². The lowest BCUT2D eigenvalue weighted by Gasteiger charge is -2.37. The number of benzene rings is 2. The summed E-state index contributed by atoms with van der Waals surface area (Å²) < 4.78 is 33.3. The summed E-state index contributed by atoms with van der Waals surface area (Å²) in [4.78, 5) is 2.59. The maximum absolute atomic E-state index is 13.2. The Labute approximate surface area is 162 Å². The van der Waals surface area contributed by atoms with Crippen molar-refractivity contribution in [2.75, 3.05) is 33.3 Å². The molecule has 1 heterocycles. The molecule has 0 radical (unpaired) electrons. The van der Waals surface area contributed by atoms with E-state index in [2.05, 4.69) is 24.0 Å². The molecule has 3 rings (SSSR count). The van der Waals surface area contributed by atoms with Crippen molar-refractivity contribution in [3.8, 4) is 5.75 Å². The fraction of sp³-hybridized carbons (Fsp3) is 0.429. The highest BCUT2D eigenvalue weighted by Crippen LogP contribution is 2.31. The Bertz CT molecular complexity index is 889. The van der Waals surface area contributed by atoms with E-state index in [4.69, 9.17) is 4.74 Å². The molecule has 5 nitrogen and oxygen atoms in total. The molecule has 146 valence electrons. The molecule has 0 aromatic heterocycles. The Kier molecular flexibility index (Phi) is 5.89. The molecule has 1 fully saturated rings. The third-order valence-electron chi connectivity index (χ3n) is 5.50. The summed E-state index contributed by atoms with van der Waals surface area (Å²) in [6, 6.07) is 14.1. The number of nitrogens with zero attached hydrogens (tertiary/aromatic N) is 2. The second-order valence-electron chi connectivity index (χ2n) is 7.11. The number of methoxy groups -OCH3 is 1. The Morgan fingerprint density at radius 1 is 0.963 bits per heavy atom. The van der Waals surface area contributed by atoms with Gasteiger partial charge in [-0.3, -0.25) is 4.90 Å². The number of hydrogen-bond acceptors (Lipinski definition) is 4. The van der Waals surface area contributed by atoms with Crippen LogP contribution in [0.25, 0.3) is 0 Å². The van der Waals surface area contributed by atoms with Crippen LogP contribution in [-0.4, -0.2) is 50.9 Å². The van der Waals surface area contributed by atoms with Crippen LogP contribution in [0.1, 0.15) is 29.7 Å². The summed E-state index contributed by atoms with van der Waals surface area (Å²) in [5.41, 5.74) is 3.22. The van der Waals surface area contributed by atoms with Gasteiger partial charge in [0.1, 0.15) is 10.6 Å². The van der Waals surface area contributed by atoms with E-state index in [0.717, 1.165) is 11.1 Å². The highest BCUT2D eigenvalue weighted by Gasteiger charge is 2.32. The number of hydrogen-bond donors (Lipinski definition) is 0. The van der Waals surface area contributed by atoms with Gasteiger partial charge in [0.2, 0.25) is 10.0 Å². The molecule has 0 amide bonds. The van der Waals surface area contributed by atoms with E-state index < -0.39 is 10.0 Å². The Morgan fingerprint density at radius 3 is 2.15 bits per heavy atom. The van der Waals surface area contributed by atoms with E-state index in [1.165, 1.54) is 12.7 Å². The molecule has 0 bridgehead atoms. The maximum Gasteiger partial charge on any atom is 0.246 e. The second kappa shape index (κ2) is 8.00. The first-order valence-corrected chi connectivity index (χ1v) is 10.7. The van der Waals surface area contributed by atoms with E-state index >= 15 is 0 Å². The van der Waals surface area contributed by atoms with Crippen molar-refractivity contribution in [1.29, 1.82) is 0 Å². The summed E-state index contributed by atoms with van der Waals surface area (Å²) >= 11 is 0. The fourth-order valence-electron chi connectivity index (χ4n) is 3.54. The molecule has 0 N–H and O–H groups in total. The van der Waals surface area contributed by atoms with Crippen molar-refractivity contribution in [2.45, 2.75) is 31.7 Å². The summed E-state index contributed by atoms with van der Waals surface area (Å²) in [6.07, 6.45) is 0. The van der Waals surface area contributed by atoms with Gasteiger partial charge in [-0.05, 0) is 49.6 Å². The lowest BCUT2D eigenvalue weighted by atomic mass is 10.1. The Hall–Kier alpha value is -1.89. The number of ether oxygens (including phenoxy) is 1. The van der Waals surface area contributed by atoms with Gasteiger partial charge in [0.25, 0.3) is 0 Å². The molecule has 1 aliphatic heterocycles. The van der Waals surface area contributed by atoms with Crippen LogP contribution in [-0.2, 0) is 10.0 Å². The molecular weight excluding hydrogens is 360 g/mol. The molecule has 6 heteroatoms. The normalized spacial score (nSPS) is 17.6. The van der Waals surface area contributed by atoms with E-state index in [9.17, 15) is 8.42 Å². The molecule has 2 aromatic carbocycles. The molecule has 1 aliphatic rings. The minimum atomic E-state index is -3.58. The zero-order valence-corrected chi connectivity index (χ0v) is 17.3. The highest BCUT2D eigenvalue weighted by molar-refractivity contribution is 7.89. The predicted molar refractivity (Wildman–Crippen MR) is 108 cm³/mol. The van der Waals surface area contributed by atoms with Crippen LogP contribution in [0.2, 0.25) is 0 Å². The van der Waals surface area contributed by atoms with Crippen molar-refractivity contribution < 1.29 is 13.2 Å². The number of rotatable bonds is 5. The topological polar surface area (TPSA) is 49.9 Å². The lowest BCUT2D eigenvalue weighted by molar-refractivity contribution is 0.145. The molecule has 1 saturated heterocycles. The fourth-order valence-corrected chi connectivity index (χ4v) is 5.18. The predicted octanol–water partition coefficient (Wildman–Crippen LogP) is 3.38. The second-order valence-corrected chi connectivity index (χ2v) is 9.02. The highest BCUT2D eigenvalue weighted by atomic mass is 32.2. The van der Waals surface area contributed by atoms with Crippen LogP contribution in [0.3, 0.4) is 0 Å². The van der Waals surface area contributed by atoms with Crippen molar-refractivity contribution in [2.24, 2.45) is 0 Å². The average Bonchev–Trinajstić information content (AvgIpc) is 2.69. The molecule has 0 aliphatic carbocycles. The molecule has 1 atom stereocenters. The minimum Gasteiger partial charge on any atom is -0.495 e. The first kappa shape index (κ1) is 19.9. The van der Waals surface area contributed by atoms with Crippen LogP contribution in [0.15, 0.2) is 47.4 Å². The Balaban J connectivity index is 1.77. The number of aryl methyl sites for hydroxylation is 2. The van der Waals surface area contributed by atoms with Gasteiger partial charge in [0.05, 0.1) is 7.11 Å². The van der Waals surface area contributed by atoms with Gasteiger partial charge in [-0.1, -0.05) is 30.3 Å². The number of sulfonamides is 1. The summed E-state index contributed by atoms with van der Waals surface area (Å²) in [5, 5.41) is 0. The smallest absolute Gasteiger partial charge is 0.246 e. The zero-order chi connectivity index (χ0) is 19.6. The molecule has 2 aromatic rings. The Morgan fingerprint density at radius 2 is 1.56 bits per heavy atom. The van der Waals surface area contributed by atoms with E-state index in [1.807, 2.05) is 32.0 Å². The maximum atomic E-state index is 13.2. The first-order chi connectivity index (χ1) is 12.8. The minimum absolute atomic E-state index is 0.262. The van der Waals surface area contributed by atoms with Gasteiger partial charge >= 0.3 is 0 Å². The van der Waals surface area contributed by atoms with Crippen LogP contribution in [0, 0.1) is 13.8 Å². The third-order valence-corrected chi connectivity index (χ3v) is 7.42. The van der Waals surface area contributed by atoms with E-state index in [1.54, 1.807) is 16.4 Å². The van der Waals surface area contributed by atoms with Crippen LogP contribution in [0.4, 0.5) is 0 Å². The van der Waals surface area contributed by atoms with Crippen molar-refractivity contribution in [3.05, 3.63) is 59.2 Å². The SMILES string of the molecule is COc1cc(C)c(C)cc1S(=O)(=O)N1CCN(C(C)c2ccccc2)CC1. The van der Waals surface area contributed by atoms with Crippen LogP contribution >= 0.6 is 0 Å². The summed E-state index contributed by atoms with van der Waals surface area (Å²) in [5.74, 6) is 0.415. The molecular formula is C21H28N2O3S. The van der Waals surface area contributed by atoms with Gasteiger partial charge < -0.3 is 4.74 Å². The summed E-state index contributed by atoms with van der Waals surface area (Å²) in [7, 11) is -2.06. The van der Waals surface area contributed by atoms with Crippen molar-refractivity contribution >= 4 is 10.0 Å². The number of piperazine rings is 1. The van der Waals surface area contributed by atoms with Gasteiger partial charge in [-0.15, -0.1) is 0 Å². The van der Waals surface area contributed by atoms with Crippen molar-refractivity contribution in [1.82, 2.24) is 9.21 Å². The lowest BCUT2D eigenvalue weighted by Crippen LogP contribution is -2.49. The molecule has 1 unspecified atom stereocenters. The zero-order valence-electron chi connectivity index (χ0n) is 16.5. The van der Waals surface area contributed by atoms with Gasteiger partial charge in [-0.25, -0.2) is 8.42 Å². The van der Waals surface area contributed by atoms with Crippen molar-refractivity contribution in [3.63, 3.8) is 0 Å². The standard InChI is InChI=1S/C21H28N2O3S/c1-16-14-20(26-4)21(15-17(16)2)27(24,25)23-12-10-22(11-13-23)18(3)19-8-6-5-7-9-19/h5-9,14-15,18H,10-13H2,1-4H3. The van der Waals surface area contributed by atoms with Crippen LogP contribution < -0.4 is 4.74 Å². The third kappa shape index (κ3) is 4.03. The van der Waals surface area contributed by atoms with Gasteiger partial charge in [0, 0.05) is 32.2 Å².